The summed E-state index contributed by atoms with van der Waals surface area (Å²) in [7, 11) is 0. The molecule has 0 spiro atoms. The van der Waals surface area contributed by atoms with E-state index in [-0.39, 0.29) is 0 Å². The Bertz CT molecular complexity index is 222. The molecule has 0 aliphatic heterocycles. The lowest BCUT2D eigenvalue weighted by molar-refractivity contribution is 0.138. The fraction of sp³-hybridized carbons (Fsp3) is 0.333. The van der Waals surface area contributed by atoms with Crippen LogP contribution in [0.4, 0.5) is 0 Å². The molecule has 0 amide bonds. The van der Waals surface area contributed by atoms with Crippen LogP contribution in [0.3, 0.4) is 0 Å². The van der Waals surface area contributed by atoms with Crippen LogP contribution in [0.5, 0.6) is 0 Å². The topological polar surface area (TPSA) is 9.23 Å². The Morgan fingerprint density at radius 3 is 2.50 bits per heavy atom. The molecule has 1 aromatic carbocycles. The van der Waals surface area contributed by atoms with Gasteiger partial charge in [-0.15, -0.1) is 0 Å². The van der Waals surface area contributed by atoms with E-state index >= 15 is 0 Å². The summed E-state index contributed by atoms with van der Waals surface area (Å²) in [4.78, 5) is 0. The minimum absolute atomic E-state index is 0.681. The molecule has 0 heterocycles. The number of alkyl halides is 1. The number of benzene rings is 1. The molecule has 0 unspecified atom stereocenters. The molecule has 0 atom stereocenters. The van der Waals surface area contributed by atoms with Crippen LogP contribution in [0.15, 0.2) is 24.3 Å². The van der Waals surface area contributed by atoms with Gasteiger partial charge in [-0.3, -0.25) is 0 Å². The van der Waals surface area contributed by atoms with Crippen LogP contribution in [0.1, 0.15) is 5.56 Å². The molecule has 0 saturated heterocycles. The van der Waals surface area contributed by atoms with Crippen LogP contribution in [-0.2, 0) is 11.3 Å². The summed E-state index contributed by atoms with van der Waals surface area (Å²) >= 11 is 8.02. The molecule has 0 aromatic heterocycles. The number of halogens is 2. The molecule has 0 aliphatic rings. The number of rotatable bonds is 4. The molecule has 0 radical (unpaired) electrons. The number of hydrogen-bond donors (Lipinski definition) is 0. The maximum Gasteiger partial charge on any atom is 0.0717 e. The van der Waals surface area contributed by atoms with E-state index in [1.165, 1.54) is 5.56 Å². The minimum atomic E-state index is 0.681. The first-order chi connectivity index (χ1) is 5.83. The third-order valence-corrected chi connectivity index (χ3v) is 2.10. The fourth-order valence-electron chi connectivity index (χ4n) is 0.825. The lowest BCUT2D eigenvalue weighted by atomic mass is 10.2. The molecule has 12 heavy (non-hydrogen) atoms. The zero-order chi connectivity index (χ0) is 8.81. The molecule has 0 aliphatic carbocycles. The van der Waals surface area contributed by atoms with Crippen LogP contribution in [0, 0.1) is 0 Å². The van der Waals surface area contributed by atoms with E-state index in [1.807, 2.05) is 24.3 Å². The molecule has 1 nitrogen and oxygen atoms in total. The van der Waals surface area contributed by atoms with Gasteiger partial charge in [0.1, 0.15) is 0 Å². The first kappa shape index (κ1) is 10.3. The van der Waals surface area contributed by atoms with Gasteiger partial charge in [0, 0.05) is 9.45 Å². The average Bonchev–Trinajstić information content (AvgIpc) is 2.09. The van der Waals surface area contributed by atoms with Gasteiger partial charge in [-0.2, -0.15) is 0 Å². The normalized spacial score (nSPS) is 10.2. The quantitative estimate of drug-likeness (QED) is 0.471. The predicted octanol–water partition coefficient (Wildman–Crippen LogP) is 3.29. The summed E-state index contributed by atoms with van der Waals surface area (Å²) in [6, 6.07) is 7.72. The van der Waals surface area contributed by atoms with Crippen LogP contribution in [0.2, 0.25) is 5.02 Å². The van der Waals surface area contributed by atoms with Crippen molar-refractivity contribution in [3.8, 4) is 0 Å². The van der Waals surface area contributed by atoms with Gasteiger partial charge in [0.15, 0.2) is 0 Å². The first-order valence-electron chi connectivity index (χ1n) is 3.71. The molecule has 1 aromatic rings. The lowest BCUT2D eigenvalue weighted by Gasteiger charge is -2.01. The van der Waals surface area contributed by atoms with Crippen molar-refractivity contribution in [1.29, 1.82) is 0 Å². The Balaban J connectivity index is 2.37. The highest BCUT2D eigenvalue weighted by Crippen LogP contribution is 2.10. The van der Waals surface area contributed by atoms with E-state index in [9.17, 15) is 0 Å². The van der Waals surface area contributed by atoms with E-state index in [4.69, 9.17) is 16.3 Å². The largest absolute Gasteiger partial charge is 0.376 e. The van der Waals surface area contributed by atoms with Crippen molar-refractivity contribution in [3.63, 3.8) is 0 Å². The summed E-state index contributed by atoms with van der Waals surface area (Å²) in [6.45, 7) is 1.49. The van der Waals surface area contributed by atoms with Crippen molar-refractivity contribution < 1.29 is 4.74 Å². The third-order valence-electron chi connectivity index (χ3n) is 1.40. The Morgan fingerprint density at radius 1 is 1.25 bits per heavy atom. The van der Waals surface area contributed by atoms with Crippen LogP contribution < -0.4 is 0 Å². The van der Waals surface area contributed by atoms with Gasteiger partial charge in [0.2, 0.25) is 0 Å². The Kier molecular flexibility index (Phi) is 4.95. The van der Waals surface area contributed by atoms with Gasteiger partial charge in [-0.25, -0.2) is 0 Å². The Hall–Kier alpha value is 0.200. The lowest BCUT2D eigenvalue weighted by Crippen LogP contribution is -1.95. The zero-order valence-electron chi connectivity index (χ0n) is 6.59. The molecular formula is C9H10ClIO. The van der Waals surface area contributed by atoms with Crippen molar-refractivity contribution in [2.24, 2.45) is 0 Å². The van der Waals surface area contributed by atoms with Crippen molar-refractivity contribution in [1.82, 2.24) is 0 Å². The van der Waals surface area contributed by atoms with Gasteiger partial charge >= 0.3 is 0 Å². The highest BCUT2D eigenvalue weighted by Gasteiger charge is 1.92. The van der Waals surface area contributed by atoms with Crippen LogP contribution >= 0.6 is 34.2 Å². The van der Waals surface area contributed by atoms with Crippen LogP contribution in [-0.4, -0.2) is 11.0 Å². The van der Waals surface area contributed by atoms with Gasteiger partial charge in [0.25, 0.3) is 0 Å². The summed E-state index contributed by atoms with van der Waals surface area (Å²) in [6.07, 6.45) is 0. The fourth-order valence-corrected chi connectivity index (χ4v) is 1.26. The Labute approximate surface area is 91.2 Å². The van der Waals surface area contributed by atoms with E-state index in [1.54, 1.807) is 0 Å². The minimum Gasteiger partial charge on any atom is -0.376 e. The first-order valence-corrected chi connectivity index (χ1v) is 5.61. The average molecular weight is 297 g/mol. The molecule has 66 valence electrons. The smallest absolute Gasteiger partial charge is 0.0717 e. The molecule has 0 saturated carbocycles. The van der Waals surface area contributed by atoms with Gasteiger partial charge < -0.3 is 4.74 Å². The second kappa shape index (κ2) is 5.78. The number of hydrogen-bond acceptors (Lipinski definition) is 1. The van der Waals surface area contributed by atoms with Gasteiger partial charge in [-0.05, 0) is 17.7 Å². The highest BCUT2D eigenvalue weighted by atomic mass is 127. The molecule has 0 fully saturated rings. The van der Waals surface area contributed by atoms with Crippen molar-refractivity contribution in [3.05, 3.63) is 34.9 Å². The molecule has 0 bridgehead atoms. The summed E-state index contributed by atoms with van der Waals surface area (Å²) in [5.41, 5.74) is 1.17. The van der Waals surface area contributed by atoms with Crippen molar-refractivity contribution in [2.75, 3.05) is 11.0 Å². The molecule has 3 heteroatoms. The maximum absolute atomic E-state index is 5.73. The maximum atomic E-state index is 5.73. The third kappa shape index (κ3) is 3.74. The number of ether oxygens (including phenoxy) is 1. The molecular weight excluding hydrogens is 286 g/mol. The predicted molar refractivity (Wildman–Crippen MR) is 60.0 cm³/mol. The Morgan fingerprint density at radius 2 is 1.92 bits per heavy atom. The summed E-state index contributed by atoms with van der Waals surface area (Å²) in [5, 5.41) is 0.771. The van der Waals surface area contributed by atoms with E-state index in [2.05, 4.69) is 22.6 Å². The summed E-state index contributed by atoms with van der Waals surface area (Å²) in [5.74, 6) is 0. The van der Waals surface area contributed by atoms with Gasteiger partial charge in [-0.1, -0.05) is 46.3 Å². The second-order valence-corrected chi connectivity index (χ2v) is 3.88. The highest BCUT2D eigenvalue weighted by molar-refractivity contribution is 14.1. The van der Waals surface area contributed by atoms with Crippen molar-refractivity contribution >= 4 is 34.2 Å². The SMILES string of the molecule is Clc1ccc(COCCI)cc1. The monoisotopic (exact) mass is 296 g/mol. The van der Waals surface area contributed by atoms with Crippen molar-refractivity contribution in [2.45, 2.75) is 6.61 Å². The van der Waals surface area contributed by atoms with Gasteiger partial charge in [0.05, 0.1) is 13.2 Å². The molecule has 0 N–H and O–H groups in total. The zero-order valence-corrected chi connectivity index (χ0v) is 9.51. The summed E-state index contributed by atoms with van der Waals surface area (Å²) < 4.78 is 6.39. The van der Waals surface area contributed by atoms with Crippen LogP contribution in [0.25, 0.3) is 0 Å². The molecule has 1 rings (SSSR count). The standard InChI is InChI=1S/C9H10ClIO/c10-9-3-1-8(2-4-9)7-12-6-5-11/h1-4H,5-7H2. The van der Waals surface area contributed by atoms with E-state index in [0.717, 1.165) is 16.1 Å². The van der Waals surface area contributed by atoms with E-state index in [0.29, 0.717) is 6.61 Å². The second-order valence-electron chi connectivity index (χ2n) is 2.37. The van der Waals surface area contributed by atoms with E-state index < -0.39 is 0 Å².